The molecule has 0 bridgehead atoms. The lowest BCUT2D eigenvalue weighted by atomic mass is 10.2. The number of amides is 1. The highest BCUT2D eigenvalue weighted by Gasteiger charge is 2.10. The smallest absolute Gasteiger partial charge is 0.234 e. The van der Waals surface area contributed by atoms with Gasteiger partial charge in [-0.15, -0.1) is 0 Å². The van der Waals surface area contributed by atoms with Crippen LogP contribution in [0.3, 0.4) is 0 Å². The van der Waals surface area contributed by atoms with E-state index < -0.39 is 0 Å². The normalized spacial score (nSPS) is 10.5. The standard InChI is InChI=1S/C20H21N3O2S/c1-2-25-18-11-7-6-10-17(18)22-19(24)15-26-20-21-12-13-23(20)14-16-8-4-3-5-9-16/h3-13H,2,14-15H2,1H3,(H,22,24). The third-order valence-electron chi connectivity index (χ3n) is 3.67. The van der Waals surface area contributed by atoms with E-state index in [1.165, 1.54) is 17.3 Å². The average molecular weight is 367 g/mol. The minimum atomic E-state index is -0.0867. The predicted octanol–water partition coefficient (Wildman–Crippen LogP) is 4.06. The highest BCUT2D eigenvalue weighted by atomic mass is 32.2. The van der Waals surface area contributed by atoms with Crippen LogP contribution in [0.25, 0.3) is 0 Å². The second-order valence-electron chi connectivity index (χ2n) is 5.59. The SMILES string of the molecule is CCOc1ccccc1NC(=O)CSc1nccn1Cc1ccccc1. The number of para-hydroxylation sites is 2. The van der Waals surface area contributed by atoms with Gasteiger partial charge in [0.15, 0.2) is 5.16 Å². The zero-order valence-electron chi connectivity index (χ0n) is 14.6. The molecule has 0 unspecified atom stereocenters. The van der Waals surface area contributed by atoms with Gasteiger partial charge in [0.2, 0.25) is 5.91 Å². The van der Waals surface area contributed by atoms with Crippen LogP contribution in [-0.2, 0) is 11.3 Å². The maximum Gasteiger partial charge on any atom is 0.234 e. The summed E-state index contributed by atoms with van der Waals surface area (Å²) in [7, 11) is 0. The molecule has 1 aromatic heterocycles. The van der Waals surface area contributed by atoms with Crippen LogP contribution in [0.4, 0.5) is 5.69 Å². The minimum absolute atomic E-state index is 0.0867. The van der Waals surface area contributed by atoms with Gasteiger partial charge in [-0.1, -0.05) is 54.2 Å². The van der Waals surface area contributed by atoms with Crippen molar-refractivity contribution in [1.29, 1.82) is 0 Å². The number of anilines is 1. The Balaban J connectivity index is 1.58. The molecule has 0 aliphatic heterocycles. The minimum Gasteiger partial charge on any atom is -0.492 e. The summed E-state index contributed by atoms with van der Waals surface area (Å²) in [5.74, 6) is 0.877. The van der Waals surface area contributed by atoms with E-state index in [0.717, 1.165) is 11.7 Å². The third kappa shape index (κ3) is 4.89. The molecular weight excluding hydrogens is 346 g/mol. The summed E-state index contributed by atoms with van der Waals surface area (Å²) in [6.07, 6.45) is 3.69. The molecule has 0 aliphatic carbocycles. The van der Waals surface area contributed by atoms with Crippen molar-refractivity contribution in [2.45, 2.75) is 18.6 Å². The molecule has 6 heteroatoms. The van der Waals surface area contributed by atoms with E-state index in [4.69, 9.17) is 4.74 Å². The highest BCUT2D eigenvalue weighted by molar-refractivity contribution is 7.99. The first-order valence-electron chi connectivity index (χ1n) is 8.46. The predicted molar refractivity (Wildman–Crippen MR) is 105 cm³/mol. The highest BCUT2D eigenvalue weighted by Crippen LogP contribution is 2.24. The van der Waals surface area contributed by atoms with Gasteiger partial charge in [-0.25, -0.2) is 4.98 Å². The summed E-state index contributed by atoms with van der Waals surface area (Å²) in [6.45, 7) is 3.21. The molecule has 26 heavy (non-hydrogen) atoms. The van der Waals surface area contributed by atoms with E-state index in [1.54, 1.807) is 6.20 Å². The zero-order valence-corrected chi connectivity index (χ0v) is 15.4. The largest absolute Gasteiger partial charge is 0.492 e. The molecule has 0 fully saturated rings. The van der Waals surface area contributed by atoms with E-state index in [1.807, 2.05) is 60.2 Å². The Hall–Kier alpha value is -2.73. The molecule has 1 amide bonds. The Labute approximate surface area is 157 Å². The molecule has 0 radical (unpaired) electrons. The summed E-state index contributed by atoms with van der Waals surface area (Å²) in [5, 5.41) is 3.73. The van der Waals surface area contributed by atoms with Crippen molar-refractivity contribution in [3.63, 3.8) is 0 Å². The monoisotopic (exact) mass is 367 g/mol. The molecule has 1 N–H and O–H groups in total. The van der Waals surface area contributed by atoms with Crippen molar-refractivity contribution in [3.8, 4) is 5.75 Å². The van der Waals surface area contributed by atoms with Crippen molar-refractivity contribution in [1.82, 2.24) is 9.55 Å². The number of imidazole rings is 1. The number of thioether (sulfide) groups is 1. The summed E-state index contributed by atoms with van der Waals surface area (Å²) in [4.78, 5) is 16.7. The molecule has 5 nitrogen and oxygen atoms in total. The van der Waals surface area contributed by atoms with Crippen LogP contribution >= 0.6 is 11.8 Å². The number of ether oxygens (including phenoxy) is 1. The maximum absolute atomic E-state index is 12.3. The van der Waals surface area contributed by atoms with Gasteiger partial charge in [0.1, 0.15) is 5.75 Å². The van der Waals surface area contributed by atoms with Gasteiger partial charge in [0.05, 0.1) is 18.0 Å². The number of aromatic nitrogens is 2. The number of carbonyl (C=O) groups excluding carboxylic acids is 1. The van der Waals surface area contributed by atoms with E-state index >= 15 is 0 Å². The summed E-state index contributed by atoms with van der Waals surface area (Å²) >= 11 is 1.42. The number of hydrogen-bond donors (Lipinski definition) is 1. The molecule has 3 rings (SSSR count). The van der Waals surface area contributed by atoms with E-state index in [-0.39, 0.29) is 11.7 Å². The molecule has 0 saturated heterocycles. The fourth-order valence-corrected chi connectivity index (χ4v) is 3.26. The Kier molecular flexibility index (Phi) is 6.33. The van der Waals surface area contributed by atoms with Gasteiger partial charge < -0.3 is 14.6 Å². The lowest BCUT2D eigenvalue weighted by Gasteiger charge is -2.11. The number of hydrogen-bond acceptors (Lipinski definition) is 4. The topological polar surface area (TPSA) is 56.1 Å². The molecule has 2 aromatic carbocycles. The molecule has 0 aliphatic rings. The van der Waals surface area contributed by atoms with Crippen molar-refractivity contribution in [2.24, 2.45) is 0 Å². The number of carbonyl (C=O) groups is 1. The molecule has 1 heterocycles. The van der Waals surface area contributed by atoms with Crippen molar-refractivity contribution in [3.05, 3.63) is 72.6 Å². The Morgan fingerprint density at radius 2 is 1.92 bits per heavy atom. The summed E-state index contributed by atoms with van der Waals surface area (Å²) < 4.78 is 7.58. The lowest BCUT2D eigenvalue weighted by molar-refractivity contribution is -0.113. The lowest BCUT2D eigenvalue weighted by Crippen LogP contribution is -2.15. The first kappa shape index (κ1) is 18.1. The van der Waals surface area contributed by atoms with Gasteiger partial charge >= 0.3 is 0 Å². The molecule has 0 atom stereocenters. The van der Waals surface area contributed by atoms with Crippen molar-refractivity contribution >= 4 is 23.4 Å². The van der Waals surface area contributed by atoms with Gasteiger partial charge in [-0.3, -0.25) is 4.79 Å². The molecular formula is C20H21N3O2S. The fraction of sp³-hybridized carbons (Fsp3) is 0.200. The first-order chi connectivity index (χ1) is 12.8. The van der Waals surface area contributed by atoms with Crippen molar-refractivity contribution in [2.75, 3.05) is 17.7 Å². The van der Waals surface area contributed by atoms with Crippen LogP contribution in [0.1, 0.15) is 12.5 Å². The number of nitrogens with one attached hydrogen (secondary N) is 1. The number of rotatable bonds is 8. The Morgan fingerprint density at radius 3 is 2.73 bits per heavy atom. The van der Waals surface area contributed by atoms with E-state index in [2.05, 4.69) is 22.4 Å². The van der Waals surface area contributed by atoms with E-state index in [9.17, 15) is 4.79 Å². The Bertz CT molecular complexity index is 849. The van der Waals surface area contributed by atoms with Gasteiger partial charge in [-0.2, -0.15) is 0 Å². The van der Waals surface area contributed by atoms with Gasteiger partial charge in [0.25, 0.3) is 0 Å². The summed E-state index contributed by atoms with van der Waals surface area (Å²) in [5.41, 5.74) is 1.88. The zero-order chi connectivity index (χ0) is 18.2. The average Bonchev–Trinajstić information content (AvgIpc) is 3.10. The molecule has 0 saturated carbocycles. The van der Waals surface area contributed by atoms with Crippen LogP contribution < -0.4 is 10.1 Å². The fourth-order valence-electron chi connectivity index (χ4n) is 2.50. The molecule has 3 aromatic rings. The second kappa shape index (κ2) is 9.10. The van der Waals surface area contributed by atoms with Crippen LogP contribution in [0.5, 0.6) is 5.75 Å². The van der Waals surface area contributed by atoms with Gasteiger partial charge in [-0.05, 0) is 24.6 Å². The Morgan fingerprint density at radius 1 is 1.15 bits per heavy atom. The van der Waals surface area contributed by atoms with Crippen LogP contribution in [-0.4, -0.2) is 27.8 Å². The first-order valence-corrected chi connectivity index (χ1v) is 9.44. The summed E-state index contributed by atoms with van der Waals surface area (Å²) in [6, 6.07) is 17.6. The second-order valence-corrected chi connectivity index (χ2v) is 6.53. The number of benzene rings is 2. The number of nitrogens with zero attached hydrogens (tertiary/aromatic N) is 2. The molecule has 0 spiro atoms. The maximum atomic E-state index is 12.3. The van der Waals surface area contributed by atoms with Crippen LogP contribution in [0.2, 0.25) is 0 Å². The van der Waals surface area contributed by atoms with Crippen LogP contribution in [0, 0.1) is 0 Å². The molecule has 134 valence electrons. The van der Waals surface area contributed by atoms with Crippen molar-refractivity contribution < 1.29 is 9.53 Å². The third-order valence-corrected chi connectivity index (χ3v) is 4.67. The van der Waals surface area contributed by atoms with Gasteiger partial charge in [0, 0.05) is 18.9 Å². The van der Waals surface area contributed by atoms with E-state index in [0.29, 0.717) is 18.0 Å². The van der Waals surface area contributed by atoms with Crippen LogP contribution in [0.15, 0.2) is 72.1 Å². The quantitative estimate of drug-likeness (QED) is 0.610.